The normalized spacial score (nSPS) is 10.1. The molecule has 0 amide bonds. The molecule has 0 aromatic heterocycles. The van der Waals surface area contributed by atoms with Crippen molar-refractivity contribution >= 4 is 6.08 Å². The van der Waals surface area contributed by atoms with E-state index < -0.39 is 0 Å². The zero-order chi connectivity index (χ0) is 11.5. The van der Waals surface area contributed by atoms with Crippen LogP contribution in [0.5, 0.6) is 0 Å². The Morgan fingerprint density at radius 1 is 1.00 bits per heavy atom. The van der Waals surface area contributed by atoms with Gasteiger partial charge >= 0.3 is 0 Å². The van der Waals surface area contributed by atoms with E-state index >= 15 is 0 Å². The van der Waals surface area contributed by atoms with Crippen LogP contribution in [0.4, 0.5) is 0 Å². The van der Waals surface area contributed by atoms with Gasteiger partial charge in [0.2, 0.25) is 0 Å². The Kier molecular flexibility index (Phi) is 2.91. The van der Waals surface area contributed by atoms with Crippen LogP contribution in [0.3, 0.4) is 0 Å². The van der Waals surface area contributed by atoms with Gasteiger partial charge < -0.3 is 0 Å². The van der Waals surface area contributed by atoms with Crippen molar-refractivity contribution in [3.63, 3.8) is 0 Å². The molecular formula is C16H16. The van der Waals surface area contributed by atoms with E-state index in [4.69, 9.17) is 0 Å². The highest BCUT2D eigenvalue weighted by Crippen LogP contribution is 2.26. The van der Waals surface area contributed by atoms with Crippen LogP contribution in [0.25, 0.3) is 17.2 Å². The Hall–Kier alpha value is -1.82. The first-order valence-electron chi connectivity index (χ1n) is 5.51. The lowest BCUT2D eigenvalue weighted by Gasteiger charge is -2.09. The molecule has 0 nitrogen and oxygen atoms in total. The van der Waals surface area contributed by atoms with Gasteiger partial charge in [0.05, 0.1) is 0 Å². The third kappa shape index (κ3) is 1.92. The summed E-state index contributed by atoms with van der Waals surface area (Å²) in [5.74, 6) is 0. The van der Waals surface area contributed by atoms with Crippen LogP contribution < -0.4 is 0 Å². The molecule has 0 aliphatic heterocycles. The molecule has 0 saturated heterocycles. The highest BCUT2D eigenvalue weighted by molar-refractivity contribution is 5.70. The Balaban J connectivity index is 2.58. The van der Waals surface area contributed by atoms with Crippen LogP contribution in [-0.2, 0) is 0 Å². The molecule has 0 spiro atoms. The number of hydrogen-bond acceptors (Lipinski definition) is 0. The van der Waals surface area contributed by atoms with Gasteiger partial charge in [0, 0.05) is 0 Å². The van der Waals surface area contributed by atoms with Crippen LogP contribution in [0.1, 0.15) is 16.7 Å². The third-order valence-electron chi connectivity index (χ3n) is 3.04. The van der Waals surface area contributed by atoms with Gasteiger partial charge in [-0.15, -0.1) is 0 Å². The largest absolute Gasteiger partial charge is 0.0985 e. The van der Waals surface area contributed by atoms with Crippen molar-refractivity contribution in [1.82, 2.24) is 0 Å². The maximum absolute atomic E-state index is 3.81. The summed E-state index contributed by atoms with van der Waals surface area (Å²) in [5, 5.41) is 0. The van der Waals surface area contributed by atoms with E-state index in [-0.39, 0.29) is 0 Å². The van der Waals surface area contributed by atoms with Crippen molar-refractivity contribution in [2.24, 2.45) is 0 Å². The van der Waals surface area contributed by atoms with Gasteiger partial charge in [-0.2, -0.15) is 0 Å². The molecule has 80 valence electrons. The van der Waals surface area contributed by atoms with Crippen LogP contribution in [0.15, 0.2) is 49.0 Å². The molecule has 2 rings (SSSR count). The summed E-state index contributed by atoms with van der Waals surface area (Å²) in [6.45, 7) is 8.13. The number of rotatable bonds is 2. The molecule has 0 heteroatoms. The zero-order valence-corrected chi connectivity index (χ0v) is 9.83. The minimum atomic E-state index is 1.17. The Morgan fingerprint density at radius 2 is 1.75 bits per heavy atom. The summed E-state index contributed by atoms with van der Waals surface area (Å²) in [7, 11) is 0. The molecular weight excluding hydrogens is 192 g/mol. The standard InChI is InChI=1S/C16H16/c1-4-14-8-6-9-15(11-14)16-10-5-7-12(2)13(16)3/h4-11H,1H2,2-3H3. The van der Waals surface area contributed by atoms with Crippen molar-refractivity contribution in [2.75, 3.05) is 0 Å². The van der Waals surface area contributed by atoms with E-state index in [0.29, 0.717) is 0 Å². The van der Waals surface area contributed by atoms with Gasteiger partial charge in [0.25, 0.3) is 0 Å². The second-order valence-corrected chi connectivity index (χ2v) is 4.08. The SMILES string of the molecule is C=Cc1cccc(-c2cccc(C)c2C)c1. The number of benzene rings is 2. The van der Waals surface area contributed by atoms with E-state index in [9.17, 15) is 0 Å². The van der Waals surface area contributed by atoms with Crippen molar-refractivity contribution < 1.29 is 0 Å². The fourth-order valence-corrected chi connectivity index (χ4v) is 1.90. The Morgan fingerprint density at radius 3 is 2.50 bits per heavy atom. The lowest BCUT2D eigenvalue weighted by atomic mass is 9.96. The van der Waals surface area contributed by atoms with Gasteiger partial charge in [-0.3, -0.25) is 0 Å². The summed E-state index contributed by atoms with van der Waals surface area (Å²) in [5.41, 5.74) is 6.42. The second-order valence-electron chi connectivity index (χ2n) is 4.08. The lowest BCUT2D eigenvalue weighted by molar-refractivity contribution is 1.34. The van der Waals surface area contributed by atoms with Crippen LogP contribution in [-0.4, -0.2) is 0 Å². The first kappa shape index (κ1) is 10.7. The summed E-state index contributed by atoms with van der Waals surface area (Å²) in [4.78, 5) is 0. The van der Waals surface area contributed by atoms with Gasteiger partial charge in [-0.25, -0.2) is 0 Å². The highest BCUT2D eigenvalue weighted by atomic mass is 14.1. The fraction of sp³-hybridized carbons (Fsp3) is 0.125. The molecule has 0 N–H and O–H groups in total. The summed E-state index contributed by atoms with van der Waals surface area (Å²) < 4.78 is 0. The van der Waals surface area contributed by atoms with Gasteiger partial charge in [0.1, 0.15) is 0 Å². The van der Waals surface area contributed by atoms with Crippen LogP contribution in [0, 0.1) is 13.8 Å². The monoisotopic (exact) mass is 208 g/mol. The highest BCUT2D eigenvalue weighted by Gasteiger charge is 2.03. The van der Waals surface area contributed by atoms with Gasteiger partial charge in [0.15, 0.2) is 0 Å². The average Bonchev–Trinajstić information content (AvgIpc) is 2.33. The smallest absolute Gasteiger partial charge is 0.0152 e. The first-order valence-corrected chi connectivity index (χ1v) is 5.51. The van der Waals surface area contributed by atoms with Gasteiger partial charge in [-0.05, 0) is 47.7 Å². The predicted molar refractivity (Wildman–Crippen MR) is 71.4 cm³/mol. The molecule has 0 radical (unpaired) electrons. The third-order valence-corrected chi connectivity index (χ3v) is 3.04. The predicted octanol–water partition coefficient (Wildman–Crippen LogP) is 4.61. The van der Waals surface area contributed by atoms with Crippen LogP contribution >= 0.6 is 0 Å². The average molecular weight is 208 g/mol. The van der Waals surface area contributed by atoms with Crippen molar-refractivity contribution in [2.45, 2.75) is 13.8 Å². The molecule has 0 aliphatic carbocycles. The quantitative estimate of drug-likeness (QED) is 0.676. The van der Waals surface area contributed by atoms with E-state index in [1.165, 1.54) is 27.8 Å². The Labute approximate surface area is 97.3 Å². The molecule has 0 atom stereocenters. The molecule has 0 aliphatic rings. The fourth-order valence-electron chi connectivity index (χ4n) is 1.90. The minimum absolute atomic E-state index is 1.17. The van der Waals surface area contributed by atoms with Crippen molar-refractivity contribution in [3.05, 3.63) is 65.7 Å². The van der Waals surface area contributed by atoms with E-state index in [2.05, 4.69) is 62.9 Å². The zero-order valence-electron chi connectivity index (χ0n) is 9.83. The van der Waals surface area contributed by atoms with Gasteiger partial charge in [-0.1, -0.05) is 49.1 Å². The minimum Gasteiger partial charge on any atom is -0.0985 e. The maximum atomic E-state index is 3.81. The summed E-state index contributed by atoms with van der Waals surface area (Å²) in [6.07, 6.45) is 1.88. The molecule has 0 bridgehead atoms. The molecule has 0 unspecified atom stereocenters. The summed E-state index contributed by atoms with van der Waals surface area (Å²) in [6, 6.07) is 14.9. The summed E-state index contributed by atoms with van der Waals surface area (Å²) >= 11 is 0. The molecule has 0 saturated carbocycles. The van der Waals surface area contributed by atoms with Crippen molar-refractivity contribution in [1.29, 1.82) is 0 Å². The molecule has 2 aromatic rings. The van der Waals surface area contributed by atoms with Crippen molar-refractivity contribution in [3.8, 4) is 11.1 Å². The van der Waals surface area contributed by atoms with Crippen LogP contribution in [0.2, 0.25) is 0 Å². The maximum Gasteiger partial charge on any atom is -0.0152 e. The number of aryl methyl sites for hydroxylation is 1. The Bertz CT molecular complexity index is 521. The lowest BCUT2D eigenvalue weighted by Crippen LogP contribution is -1.87. The van der Waals surface area contributed by atoms with E-state index in [0.717, 1.165) is 0 Å². The molecule has 0 heterocycles. The first-order chi connectivity index (χ1) is 7.72. The molecule has 2 aromatic carbocycles. The van der Waals surface area contributed by atoms with E-state index in [1.54, 1.807) is 0 Å². The molecule has 0 fully saturated rings. The number of hydrogen-bond donors (Lipinski definition) is 0. The van der Waals surface area contributed by atoms with E-state index in [1.807, 2.05) is 6.08 Å². The topological polar surface area (TPSA) is 0 Å². The molecule has 16 heavy (non-hydrogen) atoms. The second kappa shape index (κ2) is 4.36.